The van der Waals surface area contributed by atoms with Crippen LogP contribution in [0.4, 0.5) is 13.2 Å². The molecule has 0 aliphatic carbocycles. The summed E-state index contributed by atoms with van der Waals surface area (Å²) in [7, 11) is 0. The van der Waals surface area contributed by atoms with Crippen LogP contribution in [0.2, 0.25) is 0 Å². The number of aromatic nitrogens is 2. The molecule has 8 heteroatoms. The average Bonchev–Trinajstić information content (AvgIpc) is 2.75. The summed E-state index contributed by atoms with van der Waals surface area (Å²) in [5, 5.41) is 0. The minimum Gasteiger partial charge on any atom is -0.494 e. The Hall–Kier alpha value is -3.13. The zero-order valence-electron chi connectivity index (χ0n) is 17.0. The summed E-state index contributed by atoms with van der Waals surface area (Å²) in [5.74, 6) is 1.12. The van der Waals surface area contributed by atoms with E-state index in [-0.39, 0.29) is 11.4 Å². The van der Waals surface area contributed by atoms with Crippen LogP contribution in [0.15, 0.2) is 53.3 Å². The molecule has 31 heavy (non-hydrogen) atoms. The van der Waals surface area contributed by atoms with Crippen molar-refractivity contribution in [2.24, 2.45) is 0 Å². The van der Waals surface area contributed by atoms with Crippen molar-refractivity contribution in [1.29, 1.82) is 0 Å². The Morgan fingerprint density at radius 1 is 1.13 bits per heavy atom. The first-order valence-electron chi connectivity index (χ1n) is 10.1. The number of fused-ring (bicyclic) bond motifs is 1. The van der Waals surface area contributed by atoms with Gasteiger partial charge in [0.1, 0.15) is 11.6 Å². The van der Waals surface area contributed by atoms with E-state index in [0.717, 1.165) is 30.0 Å². The van der Waals surface area contributed by atoms with Crippen molar-refractivity contribution < 1.29 is 17.9 Å². The van der Waals surface area contributed by atoms with Crippen molar-refractivity contribution in [3.63, 3.8) is 0 Å². The van der Waals surface area contributed by atoms with E-state index in [1.807, 2.05) is 31.2 Å². The van der Waals surface area contributed by atoms with Crippen molar-refractivity contribution in [3.05, 3.63) is 81.3 Å². The largest absolute Gasteiger partial charge is 0.494 e. The maximum absolute atomic E-state index is 12.8. The quantitative estimate of drug-likeness (QED) is 0.653. The molecule has 1 N–H and O–H groups in total. The molecule has 1 aromatic heterocycles. The van der Waals surface area contributed by atoms with Crippen molar-refractivity contribution in [1.82, 2.24) is 14.9 Å². The Labute approximate surface area is 177 Å². The summed E-state index contributed by atoms with van der Waals surface area (Å²) in [6.07, 6.45) is -3.82. The molecule has 0 saturated heterocycles. The number of rotatable bonds is 5. The SMILES string of the molecule is CCOc1ccccc1CN1CCc2nc(-c3ccc(C(F)(F)F)cc3)[nH]c(=O)c2C1. The third-order valence-corrected chi connectivity index (χ3v) is 5.30. The van der Waals surface area contributed by atoms with Crippen LogP contribution in [0.3, 0.4) is 0 Å². The van der Waals surface area contributed by atoms with Crippen LogP contribution >= 0.6 is 0 Å². The number of H-pyrrole nitrogens is 1. The highest BCUT2D eigenvalue weighted by Gasteiger charge is 2.30. The first-order valence-corrected chi connectivity index (χ1v) is 10.1. The third-order valence-electron chi connectivity index (χ3n) is 5.30. The number of nitrogens with zero attached hydrogens (tertiary/aromatic N) is 2. The number of hydrogen-bond acceptors (Lipinski definition) is 4. The van der Waals surface area contributed by atoms with Gasteiger partial charge in [0, 0.05) is 37.2 Å². The predicted octanol–water partition coefficient (Wildman–Crippen LogP) is 4.41. The van der Waals surface area contributed by atoms with Gasteiger partial charge in [0.05, 0.1) is 23.4 Å². The first kappa shape index (κ1) is 21.1. The van der Waals surface area contributed by atoms with Gasteiger partial charge in [-0.05, 0) is 25.1 Å². The minimum atomic E-state index is -4.40. The zero-order chi connectivity index (χ0) is 22.0. The number of nitrogens with one attached hydrogen (secondary N) is 1. The molecular formula is C23H22F3N3O2. The third kappa shape index (κ3) is 4.64. The molecule has 5 nitrogen and oxygen atoms in total. The topological polar surface area (TPSA) is 58.2 Å². The predicted molar refractivity (Wildman–Crippen MR) is 111 cm³/mol. The van der Waals surface area contributed by atoms with Gasteiger partial charge in [0.2, 0.25) is 0 Å². The fourth-order valence-corrected chi connectivity index (χ4v) is 3.74. The van der Waals surface area contributed by atoms with E-state index in [2.05, 4.69) is 14.9 Å². The average molecular weight is 429 g/mol. The number of alkyl halides is 3. The van der Waals surface area contributed by atoms with Crippen LogP contribution in [-0.2, 0) is 25.7 Å². The Kier molecular flexibility index (Phi) is 5.82. The number of ether oxygens (including phenoxy) is 1. The van der Waals surface area contributed by atoms with Crippen LogP contribution in [0.5, 0.6) is 5.75 Å². The molecule has 0 bridgehead atoms. The maximum atomic E-state index is 12.8. The lowest BCUT2D eigenvalue weighted by atomic mass is 10.0. The zero-order valence-corrected chi connectivity index (χ0v) is 17.0. The van der Waals surface area contributed by atoms with Gasteiger partial charge in [-0.15, -0.1) is 0 Å². The Balaban J connectivity index is 1.55. The van der Waals surface area contributed by atoms with Gasteiger partial charge in [0.15, 0.2) is 0 Å². The van der Waals surface area contributed by atoms with Crippen molar-refractivity contribution in [2.75, 3.05) is 13.2 Å². The van der Waals surface area contributed by atoms with E-state index in [0.29, 0.717) is 42.9 Å². The molecule has 0 atom stereocenters. The highest BCUT2D eigenvalue weighted by atomic mass is 19.4. The van der Waals surface area contributed by atoms with Gasteiger partial charge in [-0.2, -0.15) is 13.2 Å². The Morgan fingerprint density at radius 3 is 2.58 bits per heavy atom. The van der Waals surface area contributed by atoms with Crippen LogP contribution in [0.1, 0.15) is 29.3 Å². The fraction of sp³-hybridized carbons (Fsp3) is 0.304. The lowest BCUT2D eigenvalue weighted by molar-refractivity contribution is -0.137. The van der Waals surface area contributed by atoms with Crippen LogP contribution < -0.4 is 10.3 Å². The number of benzene rings is 2. The van der Waals surface area contributed by atoms with Crippen LogP contribution in [0, 0.1) is 0 Å². The smallest absolute Gasteiger partial charge is 0.416 e. The highest BCUT2D eigenvalue weighted by molar-refractivity contribution is 5.56. The molecular weight excluding hydrogens is 407 g/mol. The molecule has 0 amide bonds. The van der Waals surface area contributed by atoms with Gasteiger partial charge in [0.25, 0.3) is 5.56 Å². The van der Waals surface area contributed by atoms with Gasteiger partial charge in [-0.1, -0.05) is 30.3 Å². The normalized spacial score (nSPS) is 14.3. The van der Waals surface area contributed by atoms with Crippen molar-refractivity contribution in [3.8, 4) is 17.1 Å². The molecule has 1 aliphatic rings. The fourth-order valence-electron chi connectivity index (χ4n) is 3.74. The van der Waals surface area contributed by atoms with Gasteiger partial charge >= 0.3 is 6.18 Å². The van der Waals surface area contributed by atoms with Crippen molar-refractivity contribution >= 4 is 0 Å². The molecule has 0 fully saturated rings. The van der Waals surface area contributed by atoms with Crippen LogP contribution in [0.25, 0.3) is 11.4 Å². The van der Waals surface area contributed by atoms with Gasteiger partial charge < -0.3 is 9.72 Å². The highest BCUT2D eigenvalue weighted by Crippen LogP contribution is 2.30. The molecule has 162 valence electrons. The second kappa shape index (κ2) is 8.55. The van der Waals surface area contributed by atoms with E-state index in [1.54, 1.807) is 0 Å². The van der Waals surface area contributed by atoms with E-state index in [4.69, 9.17) is 4.74 Å². The summed E-state index contributed by atoms with van der Waals surface area (Å²) < 4.78 is 44.0. The molecule has 2 heterocycles. The molecule has 3 aromatic rings. The molecule has 4 rings (SSSR count). The Bertz CT molecular complexity index is 1120. The first-order chi connectivity index (χ1) is 14.8. The number of para-hydroxylation sites is 1. The second-order valence-electron chi connectivity index (χ2n) is 7.42. The monoisotopic (exact) mass is 429 g/mol. The van der Waals surface area contributed by atoms with Gasteiger partial charge in [-0.3, -0.25) is 9.69 Å². The summed E-state index contributed by atoms with van der Waals surface area (Å²) in [6.45, 7) is 4.33. The lowest BCUT2D eigenvalue weighted by Crippen LogP contribution is -2.35. The van der Waals surface area contributed by atoms with E-state index >= 15 is 0 Å². The van der Waals surface area contributed by atoms with Gasteiger partial charge in [-0.25, -0.2) is 4.98 Å². The van der Waals surface area contributed by atoms with Crippen molar-refractivity contribution in [2.45, 2.75) is 32.6 Å². The molecule has 0 spiro atoms. The maximum Gasteiger partial charge on any atom is 0.416 e. The second-order valence-corrected chi connectivity index (χ2v) is 7.42. The number of aromatic amines is 1. The summed E-state index contributed by atoms with van der Waals surface area (Å²) in [4.78, 5) is 22.1. The molecule has 0 unspecified atom stereocenters. The minimum absolute atomic E-state index is 0.261. The summed E-state index contributed by atoms with van der Waals surface area (Å²) in [5.41, 5.74) is 1.78. The van der Waals surface area contributed by atoms with E-state index in [1.165, 1.54) is 12.1 Å². The summed E-state index contributed by atoms with van der Waals surface area (Å²) >= 11 is 0. The number of hydrogen-bond donors (Lipinski definition) is 1. The molecule has 0 saturated carbocycles. The molecule has 0 radical (unpaired) electrons. The lowest BCUT2D eigenvalue weighted by Gasteiger charge is -2.28. The van der Waals surface area contributed by atoms with E-state index in [9.17, 15) is 18.0 Å². The van der Waals surface area contributed by atoms with Crippen LogP contribution in [-0.4, -0.2) is 28.0 Å². The number of halogens is 3. The molecule has 2 aromatic carbocycles. The molecule has 1 aliphatic heterocycles. The summed E-state index contributed by atoms with van der Waals surface area (Å²) in [6, 6.07) is 12.5. The Morgan fingerprint density at radius 2 is 1.87 bits per heavy atom. The standard InChI is InChI=1S/C23H22F3N3O2/c1-2-31-20-6-4-3-5-16(20)13-29-12-11-19-18(14-29)22(30)28-21(27-19)15-7-9-17(10-8-15)23(24,25)26/h3-10H,2,11-14H2,1H3,(H,27,28,30). The van der Waals surface area contributed by atoms with E-state index < -0.39 is 11.7 Å².